The van der Waals surface area contributed by atoms with Crippen molar-refractivity contribution in [2.45, 2.75) is 29.1 Å². The number of benzene rings is 3. The highest BCUT2D eigenvalue weighted by Crippen LogP contribution is 2.42. The minimum absolute atomic E-state index is 0.109. The number of hydrogen-bond donors (Lipinski definition) is 1. The van der Waals surface area contributed by atoms with Gasteiger partial charge >= 0.3 is 0 Å². The maximum Gasteiger partial charge on any atom is 0.271 e. The number of ether oxygens (including phenoxy) is 2. The standard InChI is InChI=1S/C34H26N4O4S2/c1-40-26-15-12-20(17-27(26)41-2)31-23-14-11-19-7-3-4-8-22(19)30(23)37-34-38(31)32(39)28(43-34)18-21-13-16-29(42-21)44-33-35-24-9-5-6-10-25(24)36-33/h3-10,12-13,15-18,31H,11,14H2,1-2H3,(H,35,36)/b28-18+. The molecule has 1 N–H and O–H groups in total. The molecule has 1 unspecified atom stereocenters. The SMILES string of the molecule is COc1ccc(C2C3=C(N=c4s/c(=C/c5ccc(Sc6nc7ccccc7[nH]6)o5)c(=O)n42)c2ccccc2CC3)cc1OC. The van der Waals surface area contributed by atoms with Crippen molar-refractivity contribution >= 4 is 45.9 Å². The third-order valence-corrected chi connectivity index (χ3v) is 9.83. The van der Waals surface area contributed by atoms with E-state index >= 15 is 0 Å². The molecule has 0 fully saturated rings. The van der Waals surface area contributed by atoms with Gasteiger partial charge in [-0.2, -0.15) is 0 Å². The number of imidazole rings is 1. The van der Waals surface area contributed by atoms with Crippen molar-refractivity contribution in [2.75, 3.05) is 14.2 Å². The zero-order chi connectivity index (χ0) is 29.8. The zero-order valence-corrected chi connectivity index (χ0v) is 25.5. The van der Waals surface area contributed by atoms with Crippen LogP contribution in [0.1, 0.15) is 34.9 Å². The van der Waals surface area contributed by atoms with Gasteiger partial charge in [0.1, 0.15) is 5.76 Å². The Morgan fingerprint density at radius 2 is 1.84 bits per heavy atom. The van der Waals surface area contributed by atoms with Crippen molar-refractivity contribution < 1.29 is 13.9 Å². The second kappa shape index (κ2) is 10.7. The summed E-state index contributed by atoms with van der Waals surface area (Å²) >= 11 is 2.78. The number of para-hydroxylation sites is 2. The Hall–Kier alpha value is -4.80. The summed E-state index contributed by atoms with van der Waals surface area (Å²) in [5, 5.41) is 1.42. The van der Waals surface area contributed by atoms with E-state index < -0.39 is 0 Å². The van der Waals surface area contributed by atoms with E-state index in [-0.39, 0.29) is 11.6 Å². The molecule has 0 spiro atoms. The van der Waals surface area contributed by atoms with Crippen LogP contribution in [0.25, 0.3) is 22.8 Å². The lowest BCUT2D eigenvalue weighted by atomic mass is 9.83. The molecule has 1 aliphatic heterocycles. The molecule has 10 heteroatoms. The van der Waals surface area contributed by atoms with Gasteiger partial charge in [0.05, 0.1) is 41.5 Å². The second-order valence-corrected chi connectivity index (χ2v) is 12.5. The number of rotatable bonds is 6. The minimum atomic E-state index is -0.327. The average molecular weight is 619 g/mol. The van der Waals surface area contributed by atoms with Crippen LogP contribution in [0.15, 0.2) is 109 Å². The van der Waals surface area contributed by atoms with Gasteiger partial charge in [0.25, 0.3) is 5.56 Å². The molecule has 4 heterocycles. The molecule has 0 saturated carbocycles. The number of thiazole rings is 1. The molecule has 0 amide bonds. The number of nitrogens with one attached hydrogen (secondary N) is 1. The number of allylic oxidation sites excluding steroid dienone is 1. The molecule has 0 bridgehead atoms. The van der Waals surface area contributed by atoms with Crippen LogP contribution < -0.4 is 24.4 Å². The average Bonchev–Trinajstić information content (AvgIpc) is 3.76. The van der Waals surface area contributed by atoms with Crippen molar-refractivity contribution in [1.82, 2.24) is 14.5 Å². The summed E-state index contributed by atoms with van der Waals surface area (Å²) < 4.78 is 19.6. The molecular formula is C34H26N4O4S2. The van der Waals surface area contributed by atoms with E-state index in [4.69, 9.17) is 18.9 Å². The maximum absolute atomic E-state index is 14.1. The highest BCUT2D eigenvalue weighted by atomic mass is 32.2. The van der Waals surface area contributed by atoms with Crippen LogP contribution in [0.4, 0.5) is 0 Å². The van der Waals surface area contributed by atoms with Crippen LogP contribution in [0.3, 0.4) is 0 Å². The molecule has 1 aliphatic carbocycles. The molecule has 6 aromatic rings. The highest BCUT2D eigenvalue weighted by molar-refractivity contribution is 7.99. The largest absolute Gasteiger partial charge is 0.493 e. The number of aryl methyl sites for hydroxylation is 1. The van der Waals surface area contributed by atoms with E-state index in [2.05, 4.69) is 28.2 Å². The fourth-order valence-corrected chi connectivity index (χ4v) is 7.76. The topological polar surface area (TPSA) is 94.6 Å². The van der Waals surface area contributed by atoms with Crippen molar-refractivity contribution in [3.8, 4) is 11.5 Å². The van der Waals surface area contributed by atoms with Gasteiger partial charge in [-0.25, -0.2) is 9.98 Å². The van der Waals surface area contributed by atoms with Gasteiger partial charge in [0.15, 0.2) is 26.5 Å². The third kappa shape index (κ3) is 4.49. The van der Waals surface area contributed by atoms with E-state index in [1.54, 1.807) is 20.3 Å². The summed E-state index contributed by atoms with van der Waals surface area (Å²) in [6.45, 7) is 0. The summed E-state index contributed by atoms with van der Waals surface area (Å²) in [6, 6.07) is 25.6. The number of H-pyrrole nitrogens is 1. The summed E-state index contributed by atoms with van der Waals surface area (Å²) in [5.41, 5.74) is 7.16. The normalized spacial score (nSPS) is 16.0. The summed E-state index contributed by atoms with van der Waals surface area (Å²) in [6.07, 6.45) is 3.49. The van der Waals surface area contributed by atoms with Gasteiger partial charge in [-0.05, 0) is 77.7 Å². The lowest BCUT2D eigenvalue weighted by molar-refractivity contribution is 0.354. The Morgan fingerprint density at radius 3 is 2.70 bits per heavy atom. The third-order valence-electron chi connectivity index (χ3n) is 8.04. The quantitative estimate of drug-likeness (QED) is 0.248. The number of nitrogens with zero attached hydrogens (tertiary/aromatic N) is 3. The lowest BCUT2D eigenvalue weighted by Gasteiger charge is -2.31. The molecule has 0 radical (unpaired) electrons. The van der Waals surface area contributed by atoms with Gasteiger partial charge < -0.3 is 18.9 Å². The molecular weight excluding hydrogens is 593 g/mol. The van der Waals surface area contributed by atoms with Gasteiger partial charge in [-0.1, -0.05) is 53.8 Å². The molecule has 1 atom stereocenters. The minimum Gasteiger partial charge on any atom is -0.493 e. The summed E-state index contributed by atoms with van der Waals surface area (Å²) in [4.78, 5) is 27.8. The van der Waals surface area contributed by atoms with E-state index in [9.17, 15) is 4.79 Å². The predicted molar refractivity (Wildman–Crippen MR) is 171 cm³/mol. The van der Waals surface area contributed by atoms with Crippen LogP contribution in [-0.4, -0.2) is 28.8 Å². The second-order valence-electron chi connectivity index (χ2n) is 10.5. The number of furan rings is 1. The van der Waals surface area contributed by atoms with Crippen molar-refractivity contribution in [1.29, 1.82) is 0 Å². The van der Waals surface area contributed by atoms with Gasteiger partial charge in [0, 0.05) is 11.6 Å². The zero-order valence-electron chi connectivity index (χ0n) is 23.9. The van der Waals surface area contributed by atoms with Crippen LogP contribution >= 0.6 is 23.1 Å². The van der Waals surface area contributed by atoms with Gasteiger partial charge in [0.2, 0.25) is 0 Å². The molecule has 0 saturated heterocycles. The first-order chi connectivity index (χ1) is 21.6. The number of fused-ring (bicyclic) bond motifs is 4. The first kappa shape index (κ1) is 26.8. The first-order valence-corrected chi connectivity index (χ1v) is 15.8. The van der Waals surface area contributed by atoms with Gasteiger partial charge in [-0.15, -0.1) is 0 Å². The molecule has 8 rings (SSSR count). The number of hydrogen-bond acceptors (Lipinski definition) is 8. The Bertz CT molecular complexity index is 2260. The Balaban J connectivity index is 1.23. The first-order valence-electron chi connectivity index (χ1n) is 14.2. The van der Waals surface area contributed by atoms with Gasteiger partial charge in [-0.3, -0.25) is 9.36 Å². The molecule has 3 aromatic heterocycles. The highest BCUT2D eigenvalue weighted by Gasteiger charge is 2.33. The van der Waals surface area contributed by atoms with E-state index in [1.807, 2.05) is 65.2 Å². The number of methoxy groups -OCH3 is 2. The Morgan fingerprint density at radius 1 is 1.00 bits per heavy atom. The molecule has 3 aromatic carbocycles. The Labute approximate surface area is 260 Å². The van der Waals surface area contributed by atoms with Crippen LogP contribution in [0.5, 0.6) is 11.5 Å². The fourth-order valence-electron chi connectivity index (χ4n) is 6.01. The lowest BCUT2D eigenvalue weighted by Crippen LogP contribution is -2.38. The Kier molecular flexibility index (Phi) is 6.53. The molecule has 2 aliphatic rings. The smallest absolute Gasteiger partial charge is 0.271 e. The molecule has 218 valence electrons. The number of aromatic amines is 1. The summed E-state index contributed by atoms with van der Waals surface area (Å²) in [7, 11) is 3.24. The van der Waals surface area contributed by atoms with E-state index in [1.165, 1.54) is 28.7 Å². The van der Waals surface area contributed by atoms with Crippen molar-refractivity contribution in [3.63, 3.8) is 0 Å². The van der Waals surface area contributed by atoms with Crippen molar-refractivity contribution in [3.05, 3.63) is 127 Å². The molecule has 8 nitrogen and oxygen atoms in total. The maximum atomic E-state index is 14.1. The van der Waals surface area contributed by atoms with Crippen LogP contribution in [0.2, 0.25) is 0 Å². The number of aromatic nitrogens is 3. The summed E-state index contributed by atoms with van der Waals surface area (Å²) in [5.74, 6) is 1.85. The monoisotopic (exact) mass is 618 g/mol. The van der Waals surface area contributed by atoms with E-state index in [0.29, 0.717) is 31.7 Å². The van der Waals surface area contributed by atoms with E-state index in [0.717, 1.165) is 51.4 Å². The van der Waals surface area contributed by atoms with Crippen molar-refractivity contribution in [2.24, 2.45) is 4.99 Å². The predicted octanol–water partition coefficient (Wildman–Crippen LogP) is 5.96. The van der Waals surface area contributed by atoms with Crippen LogP contribution in [0, 0.1) is 0 Å². The fraction of sp³-hybridized carbons (Fsp3) is 0.147. The molecule has 44 heavy (non-hydrogen) atoms. The van der Waals surface area contributed by atoms with Crippen LogP contribution in [-0.2, 0) is 6.42 Å².